The number of hydrogen-bond acceptors (Lipinski definition) is 6. The van der Waals surface area contributed by atoms with Crippen LogP contribution < -0.4 is 14.9 Å². The standard InChI is InChI=1S/C28H24Cl2N2O5/c29-22-11-6-19(7-12-22)27(34)36-24-15-10-21(17-31-32-26(33)18-4-2-1-3-5-18)25(16-24)37-28(35)20-8-13-23(30)14-9-20/h6-18H,1-5H2,(H,32,33)/b31-17-. The van der Waals surface area contributed by atoms with Crippen LogP contribution in [0, 0.1) is 5.92 Å². The fraction of sp³-hybridized carbons (Fsp3) is 0.214. The number of rotatable bonds is 7. The number of nitrogens with one attached hydrogen (secondary N) is 1. The molecule has 3 aromatic carbocycles. The Morgan fingerprint density at radius 2 is 1.35 bits per heavy atom. The van der Waals surface area contributed by atoms with Gasteiger partial charge in [-0.3, -0.25) is 4.79 Å². The zero-order valence-electron chi connectivity index (χ0n) is 19.8. The summed E-state index contributed by atoms with van der Waals surface area (Å²) in [6, 6.07) is 17.0. The van der Waals surface area contributed by atoms with Crippen LogP contribution in [0.1, 0.15) is 58.4 Å². The molecule has 0 saturated heterocycles. The summed E-state index contributed by atoms with van der Waals surface area (Å²) in [4.78, 5) is 37.7. The summed E-state index contributed by atoms with van der Waals surface area (Å²) in [6.45, 7) is 0. The highest BCUT2D eigenvalue weighted by Crippen LogP contribution is 2.27. The van der Waals surface area contributed by atoms with Gasteiger partial charge in [0, 0.05) is 27.6 Å². The molecule has 0 aliphatic heterocycles. The van der Waals surface area contributed by atoms with Crippen molar-refractivity contribution in [1.82, 2.24) is 5.43 Å². The number of esters is 2. The van der Waals surface area contributed by atoms with Gasteiger partial charge in [0.15, 0.2) is 0 Å². The second-order valence-corrected chi connectivity index (χ2v) is 9.43. The van der Waals surface area contributed by atoms with Crippen LogP contribution in [0.5, 0.6) is 11.5 Å². The molecule has 7 nitrogen and oxygen atoms in total. The number of carbonyl (C=O) groups is 3. The molecule has 37 heavy (non-hydrogen) atoms. The lowest BCUT2D eigenvalue weighted by Crippen LogP contribution is -2.28. The maximum Gasteiger partial charge on any atom is 0.343 e. The normalized spacial score (nSPS) is 13.8. The van der Waals surface area contributed by atoms with Crippen molar-refractivity contribution in [1.29, 1.82) is 0 Å². The molecule has 1 aliphatic rings. The molecule has 1 amide bonds. The zero-order chi connectivity index (χ0) is 26.2. The van der Waals surface area contributed by atoms with Gasteiger partial charge in [-0.15, -0.1) is 0 Å². The van der Waals surface area contributed by atoms with Gasteiger partial charge in [0.05, 0.1) is 17.3 Å². The first-order chi connectivity index (χ1) is 17.9. The summed E-state index contributed by atoms with van der Waals surface area (Å²) in [5.74, 6) is -1.18. The molecule has 0 spiro atoms. The van der Waals surface area contributed by atoms with E-state index in [-0.39, 0.29) is 28.9 Å². The average molecular weight is 539 g/mol. The molecule has 0 bridgehead atoms. The van der Waals surface area contributed by atoms with Crippen molar-refractivity contribution in [3.05, 3.63) is 93.5 Å². The van der Waals surface area contributed by atoms with Gasteiger partial charge in [0.25, 0.3) is 0 Å². The van der Waals surface area contributed by atoms with Crippen LogP contribution in [0.4, 0.5) is 0 Å². The van der Waals surface area contributed by atoms with Gasteiger partial charge in [-0.2, -0.15) is 5.10 Å². The van der Waals surface area contributed by atoms with Gasteiger partial charge in [0.1, 0.15) is 11.5 Å². The molecule has 0 aromatic heterocycles. The second kappa shape index (κ2) is 12.5. The first-order valence-corrected chi connectivity index (χ1v) is 12.6. The Labute approximate surface area is 224 Å². The van der Waals surface area contributed by atoms with E-state index < -0.39 is 11.9 Å². The Morgan fingerprint density at radius 1 is 0.784 bits per heavy atom. The third-order valence-electron chi connectivity index (χ3n) is 5.91. The van der Waals surface area contributed by atoms with Crippen molar-refractivity contribution in [2.75, 3.05) is 0 Å². The topological polar surface area (TPSA) is 94.1 Å². The molecule has 190 valence electrons. The second-order valence-electron chi connectivity index (χ2n) is 8.56. The summed E-state index contributed by atoms with van der Waals surface area (Å²) < 4.78 is 11.1. The molecule has 1 aliphatic carbocycles. The molecule has 0 radical (unpaired) electrons. The van der Waals surface area contributed by atoms with Crippen molar-refractivity contribution in [3.63, 3.8) is 0 Å². The predicted octanol–water partition coefficient (Wildman–Crippen LogP) is 6.46. The van der Waals surface area contributed by atoms with Gasteiger partial charge in [-0.25, -0.2) is 15.0 Å². The Bertz CT molecular complexity index is 1300. The lowest BCUT2D eigenvalue weighted by atomic mass is 9.89. The lowest BCUT2D eigenvalue weighted by Gasteiger charge is -2.19. The van der Waals surface area contributed by atoms with Crippen LogP contribution in [0.3, 0.4) is 0 Å². The van der Waals surface area contributed by atoms with Gasteiger partial charge >= 0.3 is 11.9 Å². The monoisotopic (exact) mass is 538 g/mol. The molecule has 1 N–H and O–H groups in total. The van der Waals surface area contributed by atoms with E-state index in [0.717, 1.165) is 32.1 Å². The molecule has 0 heterocycles. The van der Waals surface area contributed by atoms with Crippen LogP contribution in [-0.4, -0.2) is 24.1 Å². The zero-order valence-corrected chi connectivity index (χ0v) is 21.3. The summed E-state index contributed by atoms with van der Waals surface area (Å²) in [7, 11) is 0. The maximum atomic E-state index is 12.8. The van der Waals surface area contributed by atoms with Crippen molar-refractivity contribution >= 4 is 47.3 Å². The van der Waals surface area contributed by atoms with Crippen LogP contribution in [0.25, 0.3) is 0 Å². The Kier molecular flexibility index (Phi) is 8.93. The summed E-state index contributed by atoms with van der Waals surface area (Å²) in [5, 5.41) is 5.04. The molecular weight excluding hydrogens is 515 g/mol. The van der Waals surface area contributed by atoms with E-state index in [1.807, 2.05) is 0 Å². The molecule has 4 rings (SSSR count). The van der Waals surface area contributed by atoms with Crippen LogP contribution >= 0.6 is 23.2 Å². The maximum absolute atomic E-state index is 12.8. The quantitative estimate of drug-likeness (QED) is 0.161. The van der Waals surface area contributed by atoms with E-state index in [1.165, 1.54) is 30.5 Å². The van der Waals surface area contributed by atoms with Crippen molar-refractivity contribution < 1.29 is 23.9 Å². The number of benzene rings is 3. The van der Waals surface area contributed by atoms with Crippen molar-refractivity contribution in [2.24, 2.45) is 11.0 Å². The number of carbonyl (C=O) groups excluding carboxylic acids is 3. The number of nitrogens with zero attached hydrogens (tertiary/aromatic N) is 1. The fourth-order valence-electron chi connectivity index (χ4n) is 3.89. The SMILES string of the molecule is O=C(Oc1ccc(/C=N\NC(=O)C2CCCCC2)c(OC(=O)c2ccc(Cl)cc2)c1)c1ccc(Cl)cc1. The van der Waals surface area contributed by atoms with Gasteiger partial charge in [-0.1, -0.05) is 42.5 Å². The third-order valence-corrected chi connectivity index (χ3v) is 6.42. The van der Waals surface area contributed by atoms with Crippen molar-refractivity contribution in [2.45, 2.75) is 32.1 Å². The third kappa shape index (κ3) is 7.41. The first-order valence-electron chi connectivity index (χ1n) is 11.8. The smallest absolute Gasteiger partial charge is 0.343 e. The van der Waals surface area contributed by atoms with E-state index in [2.05, 4.69) is 10.5 Å². The van der Waals surface area contributed by atoms with Gasteiger partial charge in [0.2, 0.25) is 5.91 Å². The molecular formula is C28H24Cl2N2O5. The number of hydrazone groups is 1. The summed E-state index contributed by atoms with van der Waals surface area (Å²) in [6.07, 6.45) is 6.28. The highest BCUT2D eigenvalue weighted by molar-refractivity contribution is 6.31. The van der Waals surface area contributed by atoms with Crippen LogP contribution in [0.2, 0.25) is 10.0 Å². The largest absolute Gasteiger partial charge is 0.423 e. The van der Waals surface area contributed by atoms with E-state index in [4.69, 9.17) is 32.7 Å². The van der Waals surface area contributed by atoms with E-state index in [0.29, 0.717) is 21.2 Å². The Balaban J connectivity index is 1.53. The molecule has 9 heteroatoms. The van der Waals surface area contributed by atoms with E-state index >= 15 is 0 Å². The van der Waals surface area contributed by atoms with E-state index in [9.17, 15) is 14.4 Å². The minimum Gasteiger partial charge on any atom is -0.423 e. The van der Waals surface area contributed by atoms with Gasteiger partial charge in [-0.05, 0) is 73.5 Å². The summed E-state index contributed by atoms with van der Waals surface area (Å²) >= 11 is 11.8. The number of hydrogen-bond donors (Lipinski definition) is 1. The number of halogens is 2. The summed E-state index contributed by atoms with van der Waals surface area (Å²) in [5.41, 5.74) is 3.56. The fourth-order valence-corrected chi connectivity index (χ4v) is 4.14. The molecule has 1 saturated carbocycles. The van der Waals surface area contributed by atoms with Gasteiger partial charge < -0.3 is 9.47 Å². The number of ether oxygens (including phenoxy) is 2. The molecule has 1 fully saturated rings. The molecule has 0 unspecified atom stereocenters. The lowest BCUT2D eigenvalue weighted by molar-refractivity contribution is -0.125. The molecule has 3 aromatic rings. The van der Waals surface area contributed by atoms with Crippen LogP contribution in [-0.2, 0) is 4.79 Å². The molecule has 0 atom stereocenters. The Hall–Kier alpha value is -3.68. The minimum absolute atomic E-state index is 0.0530. The minimum atomic E-state index is -0.640. The predicted molar refractivity (Wildman–Crippen MR) is 142 cm³/mol. The Morgan fingerprint density at radius 3 is 1.95 bits per heavy atom. The average Bonchev–Trinajstić information content (AvgIpc) is 2.91. The van der Waals surface area contributed by atoms with Crippen LogP contribution in [0.15, 0.2) is 71.8 Å². The van der Waals surface area contributed by atoms with E-state index in [1.54, 1.807) is 42.5 Å². The highest BCUT2D eigenvalue weighted by atomic mass is 35.5. The van der Waals surface area contributed by atoms with Crippen molar-refractivity contribution in [3.8, 4) is 11.5 Å². The first kappa shape index (κ1) is 26.4. The highest BCUT2D eigenvalue weighted by Gasteiger charge is 2.20. The number of amides is 1.